The van der Waals surface area contributed by atoms with Crippen molar-refractivity contribution >= 4 is 9.84 Å². The van der Waals surface area contributed by atoms with E-state index in [-0.39, 0.29) is 12.1 Å². The fourth-order valence-corrected chi connectivity index (χ4v) is 2.97. The van der Waals surface area contributed by atoms with E-state index in [1.807, 2.05) is 25.5 Å². The Labute approximate surface area is 127 Å². The molecule has 122 valence electrons. The van der Waals surface area contributed by atoms with Gasteiger partial charge in [0, 0.05) is 12.3 Å². The van der Waals surface area contributed by atoms with Gasteiger partial charge in [0.2, 0.25) is 0 Å². The molecule has 0 amide bonds. The van der Waals surface area contributed by atoms with Crippen molar-refractivity contribution in [1.29, 1.82) is 0 Å². The summed E-state index contributed by atoms with van der Waals surface area (Å²) in [4.78, 5) is 0. The Morgan fingerprint density at radius 3 is 2.43 bits per heavy atom. The number of sulfone groups is 1. The highest BCUT2D eigenvalue weighted by Gasteiger charge is 2.32. The molecule has 2 atom stereocenters. The average Bonchev–Trinajstić information content (AvgIpc) is 2.82. The third-order valence-corrected chi connectivity index (χ3v) is 5.18. The van der Waals surface area contributed by atoms with Crippen LogP contribution in [0.3, 0.4) is 0 Å². The van der Waals surface area contributed by atoms with Crippen LogP contribution in [-0.4, -0.2) is 43.4 Å². The Morgan fingerprint density at radius 2 is 2.00 bits per heavy atom. The van der Waals surface area contributed by atoms with Crippen molar-refractivity contribution in [3.05, 3.63) is 11.9 Å². The van der Waals surface area contributed by atoms with Crippen LogP contribution in [0.15, 0.2) is 6.20 Å². The van der Waals surface area contributed by atoms with Crippen LogP contribution in [0, 0.1) is 0 Å². The maximum absolute atomic E-state index is 12.0. The Bertz CT molecular complexity index is 552. The summed E-state index contributed by atoms with van der Waals surface area (Å²) in [5, 5.41) is 7.10. The molecule has 7 heteroatoms. The molecule has 1 rings (SSSR count). The van der Waals surface area contributed by atoms with E-state index in [2.05, 4.69) is 10.4 Å². The van der Waals surface area contributed by atoms with Crippen molar-refractivity contribution < 1.29 is 13.2 Å². The van der Waals surface area contributed by atoms with Crippen molar-refractivity contribution in [2.24, 2.45) is 0 Å². The van der Waals surface area contributed by atoms with E-state index in [0.717, 1.165) is 18.7 Å². The van der Waals surface area contributed by atoms with Gasteiger partial charge in [0.15, 0.2) is 15.6 Å². The van der Waals surface area contributed by atoms with E-state index in [0.29, 0.717) is 5.75 Å². The lowest BCUT2D eigenvalue weighted by molar-refractivity contribution is 0.379. The molecule has 0 saturated heterocycles. The molecule has 0 radical (unpaired) electrons. The van der Waals surface area contributed by atoms with Gasteiger partial charge in [-0.2, -0.15) is 5.10 Å². The predicted molar refractivity (Wildman–Crippen MR) is 84.5 cm³/mol. The largest absolute Gasteiger partial charge is 0.493 e. The average molecular weight is 317 g/mol. The number of nitrogens with zero attached hydrogens (tertiary/aromatic N) is 2. The number of nitrogens with one attached hydrogen (secondary N) is 1. The zero-order valence-corrected chi connectivity index (χ0v) is 14.6. The summed E-state index contributed by atoms with van der Waals surface area (Å²) < 4.78 is 31.2. The van der Waals surface area contributed by atoms with Gasteiger partial charge in [0.25, 0.3) is 0 Å². The van der Waals surface area contributed by atoms with Gasteiger partial charge in [-0.15, -0.1) is 0 Å². The SMILES string of the molecule is CCCNC(c1c(OC)cnn1C(C)C)C(C)S(C)(=O)=O. The molecule has 0 aliphatic rings. The second kappa shape index (κ2) is 7.26. The standard InChI is InChI=1S/C14H27N3O3S/c1-7-8-15-13(11(4)21(6,18)19)14-12(20-5)9-16-17(14)10(2)3/h9-11,13,15H,7-8H2,1-6H3. The highest BCUT2D eigenvalue weighted by Crippen LogP contribution is 2.31. The van der Waals surface area contributed by atoms with E-state index in [4.69, 9.17) is 4.74 Å². The number of methoxy groups -OCH3 is 1. The second-order valence-corrected chi connectivity index (χ2v) is 8.01. The van der Waals surface area contributed by atoms with Gasteiger partial charge >= 0.3 is 0 Å². The summed E-state index contributed by atoms with van der Waals surface area (Å²) in [6.45, 7) is 8.53. The minimum Gasteiger partial charge on any atom is -0.493 e. The number of rotatable bonds is 8. The minimum absolute atomic E-state index is 0.126. The molecule has 0 fully saturated rings. The van der Waals surface area contributed by atoms with Gasteiger partial charge in [-0.25, -0.2) is 8.42 Å². The molecular formula is C14H27N3O3S. The van der Waals surface area contributed by atoms with Crippen LogP contribution >= 0.6 is 0 Å². The van der Waals surface area contributed by atoms with E-state index in [1.165, 1.54) is 6.26 Å². The van der Waals surface area contributed by atoms with Crippen LogP contribution in [-0.2, 0) is 9.84 Å². The van der Waals surface area contributed by atoms with Gasteiger partial charge in [0.1, 0.15) is 0 Å². The molecule has 1 N–H and O–H groups in total. The summed E-state index contributed by atoms with van der Waals surface area (Å²) in [5.74, 6) is 0.618. The van der Waals surface area contributed by atoms with Gasteiger partial charge in [0.05, 0.1) is 30.3 Å². The number of hydrogen-bond donors (Lipinski definition) is 1. The van der Waals surface area contributed by atoms with Crippen LogP contribution in [0.2, 0.25) is 0 Å². The smallest absolute Gasteiger partial charge is 0.161 e. The quantitative estimate of drug-likeness (QED) is 0.793. The molecule has 21 heavy (non-hydrogen) atoms. The number of hydrogen-bond acceptors (Lipinski definition) is 5. The lowest BCUT2D eigenvalue weighted by Crippen LogP contribution is -2.37. The molecule has 0 aliphatic heterocycles. The van der Waals surface area contributed by atoms with Crippen molar-refractivity contribution in [2.45, 2.75) is 51.4 Å². The van der Waals surface area contributed by atoms with Crippen LogP contribution in [0.5, 0.6) is 5.75 Å². The number of ether oxygens (including phenoxy) is 1. The molecule has 6 nitrogen and oxygen atoms in total. The molecule has 0 saturated carbocycles. The maximum Gasteiger partial charge on any atom is 0.161 e. The first-order valence-electron chi connectivity index (χ1n) is 7.27. The minimum atomic E-state index is -3.19. The fraction of sp³-hybridized carbons (Fsp3) is 0.786. The molecule has 1 aromatic heterocycles. The third-order valence-electron chi connectivity index (χ3n) is 3.56. The van der Waals surface area contributed by atoms with Crippen molar-refractivity contribution in [3.8, 4) is 5.75 Å². The molecule has 0 aliphatic carbocycles. The molecule has 0 bridgehead atoms. The highest BCUT2D eigenvalue weighted by atomic mass is 32.2. The molecule has 0 spiro atoms. The van der Waals surface area contributed by atoms with Gasteiger partial charge < -0.3 is 10.1 Å². The predicted octanol–water partition coefficient (Wildman–Crippen LogP) is 1.95. The van der Waals surface area contributed by atoms with E-state index >= 15 is 0 Å². The lowest BCUT2D eigenvalue weighted by atomic mass is 10.1. The van der Waals surface area contributed by atoms with E-state index < -0.39 is 15.1 Å². The lowest BCUT2D eigenvalue weighted by Gasteiger charge is -2.26. The van der Waals surface area contributed by atoms with Crippen molar-refractivity contribution in [2.75, 3.05) is 19.9 Å². The molecule has 2 unspecified atom stereocenters. The normalized spacial score (nSPS) is 15.2. The first-order valence-corrected chi connectivity index (χ1v) is 9.23. The summed E-state index contributed by atoms with van der Waals surface area (Å²) in [5.41, 5.74) is 0.791. The Morgan fingerprint density at radius 1 is 1.38 bits per heavy atom. The van der Waals surface area contributed by atoms with Crippen LogP contribution in [0.1, 0.15) is 51.9 Å². The maximum atomic E-state index is 12.0. The first-order chi connectivity index (χ1) is 9.73. The van der Waals surface area contributed by atoms with Crippen LogP contribution in [0.4, 0.5) is 0 Å². The van der Waals surface area contributed by atoms with Gasteiger partial charge in [-0.3, -0.25) is 4.68 Å². The summed E-state index contributed by atoms with van der Waals surface area (Å²) in [6, 6.07) is -0.221. The topological polar surface area (TPSA) is 73.2 Å². The summed E-state index contributed by atoms with van der Waals surface area (Å²) >= 11 is 0. The third kappa shape index (κ3) is 4.20. The fourth-order valence-electron chi connectivity index (χ4n) is 2.25. The van der Waals surface area contributed by atoms with Crippen molar-refractivity contribution in [3.63, 3.8) is 0 Å². The monoisotopic (exact) mass is 317 g/mol. The summed E-state index contributed by atoms with van der Waals surface area (Å²) in [7, 11) is -1.61. The number of aromatic nitrogens is 2. The molecule has 1 aromatic rings. The Balaban J connectivity index is 3.34. The summed E-state index contributed by atoms with van der Waals surface area (Å²) in [6.07, 6.45) is 3.83. The second-order valence-electron chi connectivity index (χ2n) is 5.60. The van der Waals surface area contributed by atoms with E-state index in [1.54, 1.807) is 20.2 Å². The Kier molecular flexibility index (Phi) is 6.22. The molecule has 1 heterocycles. The van der Waals surface area contributed by atoms with Crippen molar-refractivity contribution in [1.82, 2.24) is 15.1 Å². The van der Waals surface area contributed by atoms with Gasteiger partial charge in [-0.05, 0) is 33.7 Å². The van der Waals surface area contributed by atoms with E-state index in [9.17, 15) is 8.42 Å². The highest BCUT2D eigenvalue weighted by molar-refractivity contribution is 7.91. The zero-order valence-electron chi connectivity index (χ0n) is 13.8. The molecular weight excluding hydrogens is 290 g/mol. The van der Waals surface area contributed by atoms with Crippen LogP contribution < -0.4 is 10.1 Å². The zero-order chi connectivity index (χ0) is 16.2. The van der Waals surface area contributed by atoms with Gasteiger partial charge in [-0.1, -0.05) is 6.92 Å². The molecule has 0 aromatic carbocycles. The first kappa shape index (κ1) is 18.0. The Hall–Kier alpha value is -1.08. The van der Waals surface area contributed by atoms with Crippen LogP contribution in [0.25, 0.3) is 0 Å².